The molecule has 0 spiro atoms. The van der Waals surface area contributed by atoms with Crippen molar-refractivity contribution in [1.29, 1.82) is 0 Å². The number of hydrogen-bond acceptors (Lipinski definition) is 10. The predicted molar refractivity (Wildman–Crippen MR) is 149 cm³/mol. The highest BCUT2D eigenvalue weighted by atomic mass is 32.2. The number of nitrogens with one attached hydrogen (secondary N) is 2. The molecule has 0 saturated carbocycles. The Kier molecular flexibility index (Phi) is 12.9. The van der Waals surface area contributed by atoms with Crippen molar-refractivity contribution in [2.24, 2.45) is 0 Å². The van der Waals surface area contributed by atoms with Crippen LogP contribution in [0.4, 0.5) is 8.78 Å². The molecule has 0 aromatic heterocycles. The average Bonchev–Trinajstić information content (AvgIpc) is 2.88. The van der Waals surface area contributed by atoms with Gasteiger partial charge in [0, 0.05) is 43.9 Å². The normalized spacial score (nSPS) is 12.0. The van der Waals surface area contributed by atoms with E-state index >= 15 is 0 Å². The molecule has 2 aromatic carbocycles. The summed E-state index contributed by atoms with van der Waals surface area (Å²) in [6.07, 6.45) is 0. The van der Waals surface area contributed by atoms with Crippen LogP contribution in [0.5, 0.6) is 5.75 Å². The molecule has 2 N–H and O–H groups in total. The fraction of sp³-hybridized carbons (Fsp3) is 0.333. The van der Waals surface area contributed by atoms with Crippen LogP contribution >= 0.6 is 23.5 Å². The van der Waals surface area contributed by atoms with E-state index in [4.69, 9.17) is 9.47 Å². The topological polar surface area (TPSA) is 145 Å². The number of amides is 2. The van der Waals surface area contributed by atoms with Crippen molar-refractivity contribution < 1.29 is 47.0 Å². The largest absolute Gasteiger partial charge is 0.464 e. The molecular weight excluding hydrogens is 582 g/mol. The van der Waals surface area contributed by atoms with E-state index in [9.17, 15) is 37.5 Å². The van der Waals surface area contributed by atoms with Crippen LogP contribution in [0.25, 0.3) is 11.1 Å². The van der Waals surface area contributed by atoms with Gasteiger partial charge in [0.15, 0.2) is 0 Å². The highest BCUT2D eigenvalue weighted by molar-refractivity contribution is 8.15. The van der Waals surface area contributed by atoms with E-state index in [-0.39, 0.29) is 40.6 Å². The lowest BCUT2D eigenvalue weighted by Crippen LogP contribution is -2.44. The van der Waals surface area contributed by atoms with Crippen LogP contribution in [0.2, 0.25) is 0 Å². The minimum atomic E-state index is -1.18. The average molecular weight is 611 g/mol. The van der Waals surface area contributed by atoms with Gasteiger partial charge < -0.3 is 20.1 Å². The maximum atomic E-state index is 14.4. The van der Waals surface area contributed by atoms with Gasteiger partial charge in [0.2, 0.25) is 22.0 Å². The summed E-state index contributed by atoms with van der Waals surface area (Å²) in [6.45, 7) is 5.15. The Morgan fingerprint density at radius 2 is 1.49 bits per heavy atom. The molecule has 2 aromatic rings. The van der Waals surface area contributed by atoms with Gasteiger partial charge in [-0.15, -0.1) is 0 Å². The molecule has 41 heavy (non-hydrogen) atoms. The van der Waals surface area contributed by atoms with Crippen molar-refractivity contribution >= 4 is 57.5 Å². The number of esters is 2. The first-order valence-corrected chi connectivity index (χ1v) is 14.1. The molecule has 0 aliphatic heterocycles. The maximum Gasteiger partial charge on any atom is 0.329 e. The first-order valence-electron chi connectivity index (χ1n) is 12.1. The van der Waals surface area contributed by atoms with Crippen molar-refractivity contribution in [2.75, 3.05) is 18.1 Å². The molecule has 2 unspecified atom stereocenters. The number of rotatable bonds is 12. The fourth-order valence-electron chi connectivity index (χ4n) is 3.40. The van der Waals surface area contributed by atoms with Crippen LogP contribution in [0, 0.1) is 11.6 Å². The second kappa shape index (κ2) is 15.9. The quantitative estimate of drug-likeness (QED) is 0.271. The molecule has 14 heteroatoms. The van der Waals surface area contributed by atoms with E-state index < -0.39 is 57.7 Å². The number of hydrogen-bond donors (Lipinski definition) is 2. The molecule has 2 rings (SSSR count). The van der Waals surface area contributed by atoms with Crippen LogP contribution in [0.15, 0.2) is 36.4 Å². The van der Waals surface area contributed by atoms with Crippen molar-refractivity contribution in [3.05, 3.63) is 53.6 Å². The summed E-state index contributed by atoms with van der Waals surface area (Å²) < 4.78 is 37.8. The van der Waals surface area contributed by atoms with Gasteiger partial charge in [-0.3, -0.25) is 24.0 Å². The van der Waals surface area contributed by atoms with E-state index in [1.807, 2.05) is 0 Å². The number of carbonyl (C=O) groups excluding carboxylic acids is 6. The number of benzene rings is 2. The predicted octanol–water partition coefficient (Wildman–Crippen LogP) is 3.26. The summed E-state index contributed by atoms with van der Waals surface area (Å²) in [7, 11) is 0. The third kappa shape index (κ3) is 10.6. The van der Waals surface area contributed by atoms with Crippen LogP contribution < -0.4 is 15.4 Å². The van der Waals surface area contributed by atoms with E-state index in [1.165, 1.54) is 38.1 Å². The van der Waals surface area contributed by atoms with Crippen molar-refractivity contribution in [1.82, 2.24) is 10.6 Å². The summed E-state index contributed by atoms with van der Waals surface area (Å²) in [5, 5.41) is 3.58. The number of halogens is 2. The van der Waals surface area contributed by atoms with Crippen LogP contribution in [-0.2, 0) is 28.7 Å². The van der Waals surface area contributed by atoms with E-state index in [1.54, 1.807) is 6.92 Å². The summed E-state index contributed by atoms with van der Waals surface area (Å²) in [5.74, 6) is -4.74. The molecule has 0 aliphatic carbocycles. The zero-order chi connectivity index (χ0) is 30.7. The molecule has 0 aliphatic rings. The van der Waals surface area contributed by atoms with E-state index in [2.05, 4.69) is 10.6 Å². The van der Waals surface area contributed by atoms with E-state index in [0.717, 1.165) is 13.0 Å². The van der Waals surface area contributed by atoms with Crippen molar-refractivity contribution in [3.63, 3.8) is 0 Å². The molecule has 0 bridgehead atoms. The third-order valence-electron chi connectivity index (χ3n) is 5.08. The standard InChI is InChI=1S/C27H28F2N2O8S2/c1-5-38-25(35)22(30-14(2)32)12-41-27(37)23(31-15(3)33)13-40-26(36)20-10-17(6-9-24(20)39-16(4)34)19-8-7-18(28)11-21(19)29/h6-11,22-23H,5,12-13H2,1-4H3,(H,30,32)(H,31,33). The SMILES string of the molecule is CCOC(=O)C(CSC(=O)C(CSC(=O)c1cc(-c2ccc(F)cc2F)ccc1OC(C)=O)NC(C)=O)NC(C)=O. The van der Waals surface area contributed by atoms with E-state index in [0.29, 0.717) is 29.6 Å². The van der Waals surface area contributed by atoms with Crippen molar-refractivity contribution in [2.45, 2.75) is 39.8 Å². The molecular formula is C27H28F2N2O8S2. The Bertz CT molecular complexity index is 1340. The molecule has 0 saturated heterocycles. The van der Waals surface area contributed by atoms with Gasteiger partial charge in [-0.25, -0.2) is 13.6 Å². The first kappa shape index (κ1) is 33.4. The fourth-order valence-corrected chi connectivity index (χ4v) is 5.27. The zero-order valence-electron chi connectivity index (χ0n) is 22.6. The lowest BCUT2D eigenvalue weighted by molar-refractivity contribution is -0.146. The van der Waals surface area contributed by atoms with Crippen molar-refractivity contribution in [3.8, 4) is 16.9 Å². The third-order valence-corrected chi connectivity index (χ3v) is 7.13. The van der Waals surface area contributed by atoms with Gasteiger partial charge in [-0.1, -0.05) is 29.6 Å². The Morgan fingerprint density at radius 1 is 0.854 bits per heavy atom. The molecule has 0 fully saturated rings. The second-order valence-electron chi connectivity index (χ2n) is 8.42. The minimum absolute atomic E-state index is 0.00199. The molecule has 2 atom stereocenters. The first-order chi connectivity index (χ1) is 19.3. The number of thioether (sulfide) groups is 2. The van der Waals surface area contributed by atoms with Gasteiger partial charge in [0.05, 0.1) is 12.2 Å². The summed E-state index contributed by atoms with van der Waals surface area (Å²) in [6, 6.07) is 4.59. The Morgan fingerprint density at radius 3 is 2.07 bits per heavy atom. The van der Waals surface area contributed by atoms with Gasteiger partial charge in [-0.2, -0.15) is 0 Å². The number of carbonyl (C=O) groups is 6. The smallest absolute Gasteiger partial charge is 0.329 e. The Balaban J connectivity index is 2.25. The number of ether oxygens (including phenoxy) is 2. The minimum Gasteiger partial charge on any atom is -0.464 e. The molecule has 0 radical (unpaired) electrons. The summed E-state index contributed by atoms with van der Waals surface area (Å²) in [4.78, 5) is 73.1. The molecule has 0 heterocycles. The lowest BCUT2D eigenvalue weighted by Gasteiger charge is -2.19. The van der Waals surface area contributed by atoms with Gasteiger partial charge in [-0.05, 0) is 36.8 Å². The summed E-state index contributed by atoms with van der Waals surface area (Å²) >= 11 is 1.28. The Labute approximate surface area is 243 Å². The molecule has 2 amide bonds. The zero-order valence-corrected chi connectivity index (χ0v) is 24.2. The second-order valence-corrected chi connectivity index (χ2v) is 10.4. The maximum absolute atomic E-state index is 14.4. The monoisotopic (exact) mass is 610 g/mol. The molecule has 220 valence electrons. The Hall–Kier alpha value is -3.78. The van der Waals surface area contributed by atoms with Crippen LogP contribution in [-0.4, -0.2) is 64.2 Å². The van der Waals surface area contributed by atoms with Crippen LogP contribution in [0.1, 0.15) is 38.1 Å². The summed E-state index contributed by atoms with van der Waals surface area (Å²) in [5.41, 5.74) is 0.0781. The van der Waals surface area contributed by atoms with Gasteiger partial charge >= 0.3 is 11.9 Å². The molecule has 10 nitrogen and oxygen atoms in total. The highest BCUT2D eigenvalue weighted by Crippen LogP contribution is 2.32. The van der Waals surface area contributed by atoms with Crippen LogP contribution in [0.3, 0.4) is 0 Å². The van der Waals surface area contributed by atoms with Gasteiger partial charge in [0.25, 0.3) is 0 Å². The lowest BCUT2D eigenvalue weighted by atomic mass is 10.0. The highest BCUT2D eigenvalue weighted by Gasteiger charge is 2.27. The van der Waals surface area contributed by atoms with Gasteiger partial charge in [0.1, 0.15) is 29.5 Å².